The Morgan fingerprint density at radius 2 is 0.431 bits per heavy atom. The molecule has 0 fully saturated rings. The summed E-state index contributed by atoms with van der Waals surface area (Å²) in [4.78, 5) is 6.44. The van der Waals surface area contributed by atoms with Gasteiger partial charge in [0, 0.05) is 51.2 Å². The molecule has 9 aromatic carbocycles. The second-order valence-corrected chi connectivity index (χ2v) is 14.9. The molecule has 0 saturated carbocycles. The monoisotopic (exact) mass is 855 g/mol. The first-order chi connectivity index (χ1) is 33.0. The SMILES string of the molecule is [3H]c1cccc(N(c2ccccc2)c2ccc(OCCOc3ccc(N(c4ccccc4)c4ccc(OCCOc5ccc(N(c6ccccc6)c6cccc([3H])c6)cc5)cc4)cc3)cc2)c1. The van der Waals surface area contributed by atoms with E-state index >= 15 is 0 Å². The number of anilines is 9. The molecule has 0 spiro atoms. The highest BCUT2D eigenvalue weighted by Gasteiger charge is 2.15. The minimum Gasteiger partial charge on any atom is -0.490 e. The van der Waals surface area contributed by atoms with Crippen molar-refractivity contribution in [2.75, 3.05) is 41.1 Å². The van der Waals surface area contributed by atoms with Crippen LogP contribution < -0.4 is 33.6 Å². The fraction of sp³-hybridized carbons (Fsp3) is 0.0690. The second kappa shape index (κ2) is 21.1. The quantitative estimate of drug-likeness (QED) is 0.0751. The topological polar surface area (TPSA) is 46.6 Å². The Morgan fingerprint density at radius 3 is 0.662 bits per heavy atom. The smallest absolute Gasteiger partial charge is 0.122 e. The Morgan fingerprint density at radius 1 is 0.231 bits per heavy atom. The van der Waals surface area contributed by atoms with Crippen LogP contribution >= 0.6 is 0 Å². The number of nitrogens with zero attached hydrogens (tertiary/aromatic N) is 3. The maximum atomic E-state index is 8.16. The molecule has 0 N–H and O–H groups in total. The van der Waals surface area contributed by atoms with Crippen LogP contribution in [0.15, 0.2) is 249 Å². The highest BCUT2D eigenvalue weighted by Crippen LogP contribution is 2.38. The third kappa shape index (κ3) is 10.8. The van der Waals surface area contributed by atoms with Crippen molar-refractivity contribution in [1.82, 2.24) is 0 Å². The molecule has 0 atom stereocenters. The number of rotatable bonds is 19. The van der Waals surface area contributed by atoms with E-state index in [-0.39, 0.29) is 0 Å². The van der Waals surface area contributed by atoms with Crippen molar-refractivity contribution >= 4 is 51.2 Å². The first-order valence-electron chi connectivity index (χ1n) is 22.6. The predicted molar refractivity (Wildman–Crippen MR) is 265 cm³/mol. The number of ether oxygens (including phenoxy) is 4. The lowest BCUT2D eigenvalue weighted by molar-refractivity contribution is 0.217. The first-order valence-corrected chi connectivity index (χ1v) is 21.6. The van der Waals surface area contributed by atoms with Crippen molar-refractivity contribution in [2.24, 2.45) is 0 Å². The summed E-state index contributed by atoms with van der Waals surface area (Å²) < 4.78 is 40.7. The fourth-order valence-corrected chi connectivity index (χ4v) is 7.52. The van der Waals surface area contributed by atoms with Crippen LogP contribution in [0.3, 0.4) is 0 Å². The van der Waals surface area contributed by atoms with Gasteiger partial charge in [0.15, 0.2) is 0 Å². The van der Waals surface area contributed by atoms with E-state index < -0.39 is 0 Å². The fourth-order valence-electron chi connectivity index (χ4n) is 7.52. The molecule has 9 rings (SSSR count). The van der Waals surface area contributed by atoms with E-state index in [0.29, 0.717) is 38.5 Å². The second-order valence-electron chi connectivity index (χ2n) is 14.9. The molecule has 0 radical (unpaired) electrons. The highest BCUT2D eigenvalue weighted by atomic mass is 16.5. The number of hydrogen-bond acceptors (Lipinski definition) is 7. The van der Waals surface area contributed by atoms with Crippen molar-refractivity contribution in [3.05, 3.63) is 249 Å². The van der Waals surface area contributed by atoms with Crippen LogP contribution in [0.5, 0.6) is 23.0 Å². The molecule has 0 bridgehead atoms. The van der Waals surface area contributed by atoms with E-state index in [1.165, 1.54) is 0 Å². The van der Waals surface area contributed by atoms with Gasteiger partial charge in [-0.15, -0.1) is 0 Å². The molecule has 0 aliphatic carbocycles. The van der Waals surface area contributed by atoms with Crippen molar-refractivity contribution in [3.63, 3.8) is 0 Å². The van der Waals surface area contributed by atoms with Crippen LogP contribution in [0.2, 0.25) is 0 Å². The maximum absolute atomic E-state index is 8.16. The van der Waals surface area contributed by atoms with Gasteiger partial charge >= 0.3 is 0 Å². The van der Waals surface area contributed by atoms with E-state index in [2.05, 4.69) is 75.4 Å². The Balaban J connectivity index is 0.774. The van der Waals surface area contributed by atoms with Crippen LogP contribution in [0, 0.1) is 0 Å². The highest BCUT2D eigenvalue weighted by molar-refractivity contribution is 5.79. The third-order valence-corrected chi connectivity index (χ3v) is 10.6. The molecule has 0 aromatic heterocycles. The zero-order valence-corrected chi connectivity index (χ0v) is 35.8. The lowest BCUT2D eigenvalue weighted by Crippen LogP contribution is -2.12. The van der Waals surface area contributed by atoms with Crippen LogP contribution in [-0.2, 0) is 0 Å². The van der Waals surface area contributed by atoms with Gasteiger partial charge < -0.3 is 33.6 Å². The van der Waals surface area contributed by atoms with Crippen molar-refractivity contribution in [2.45, 2.75) is 0 Å². The van der Waals surface area contributed by atoms with Crippen molar-refractivity contribution in [1.29, 1.82) is 0 Å². The normalized spacial score (nSPS) is 11.1. The lowest BCUT2D eigenvalue weighted by Gasteiger charge is -2.26. The van der Waals surface area contributed by atoms with E-state index in [1.807, 2.05) is 164 Å². The van der Waals surface area contributed by atoms with Gasteiger partial charge in [-0.05, 0) is 158 Å². The first kappa shape index (κ1) is 39.4. The van der Waals surface area contributed by atoms with Gasteiger partial charge in [-0.25, -0.2) is 0 Å². The summed E-state index contributed by atoms with van der Waals surface area (Å²) in [5.74, 6) is 2.99. The average Bonchev–Trinajstić information content (AvgIpc) is 3.37. The van der Waals surface area contributed by atoms with Gasteiger partial charge in [0.2, 0.25) is 0 Å². The zero-order valence-electron chi connectivity index (χ0n) is 37.8. The Kier molecular flexibility index (Phi) is 12.8. The molecule has 0 unspecified atom stereocenters. The molecule has 0 saturated heterocycles. The van der Waals surface area contributed by atoms with E-state index in [1.54, 1.807) is 12.1 Å². The third-order valence-electron chi connectivity index (χ3n) is 10.6. The average molecular weight is 856 g/mol. The molecule has 7 heteroatoms. The summed E-state index contributed by atoms with van der Waals surface area (Å²) in [5, 5.41) is 0. The molecular weight excluding hydrogens is 803 g/mol. The minimum absolute atomic E-state index is 0.380. The van der Waals surface area contributed by atoms with Gasteiger partial charge in [0.1, 0.15) is 49.4 Å². The predicted octanol–water partition coefficient (Wildman–Crippen LogP) is 15.0. The minimum atomic E-state index is 0.380. The summed E-state index contributed by atoms with van der Waals surface area (Å²) >= 11 is 0. The Labute approximate surface area is 384 Å². The van der Waals surface area contributed by atoms with Gasteiger partial charge in [0.25, 0.3) is 0 Å². The summed E-state index contributed by atoms with van der Waals surface area (Å²) in [6.07, 6.45) is 0. The standard InChI is InChI=1S/C58H49N3O4/c1-6-16-46(17-7-1)59(47-18-8-2-9-19-47)51-26-34-55(35-27-51)62-42-44-64-57-38-30-53(31-39-57)61(50-24-14-5-15-25-50)54-32-40-58(41-33-54)65-45-43-63-56-36-28-52(29-37-56)60(48-20-10-3-11-21-48)49-22-12-4-13-23-49/h1-41H,42-45H2/i6T,10T. The van der Waals surface area contributed by atoms with Gasteiger partial charge in [-0.3, -0.25) is 0 Å². The molecule has 0 heterocycles. The van der Waals surface area contributed by atoms with E-state index in [4.69, 9.17) is 21.7 Å². The summed E-state index contributed by atoms with van der Waals surface area (Å²) in [5.41, 5.74) is 8.79. The number of benzene rings is 9. The van der Waals surface area contributed by atoms with Crippen LogP contribution in [0.25, 0.3) is 0 Å². The van der Waals surface area contributed by atoms with Crippen molar-refractivity contribution < 1.29 is 21.7 Å². The number of hydrogen-bond donors (Lipinski definition) is 0. The molecule has 9 aromatic rings. The van der Waals surface area contributed by atoms with Crippen LogP contribution in [0.4, 0.5) is 51.2 Å². The summed E-state index contributed by atoms with van der Waals surface area (Å²) in [7, 11) is 0. The molecule has 7 nitrogen and oxygen atoms in total. The molecule has 65 heavy (non-hydrogen) atoms. The lowest BCUT2D eigenvalue weighted by atomic mass is 10.2. The van der Waals surface area contributed by atoms with E-state index in [9.17, 15) is 0 Å². The van der Waals surface area contributed by atoms with Crippen LogP contribution in [-0.4, -0.2) is 26.4 Å². The molecule has 0 aliphatic heterocycles. The summed E-state index contributed by atoms with van der Waals surface area (Å²) in [6, 6.07) is 78.6. The van der Waals surface area contributed by atoms with Gasteiger partial charge in [-0.1, -0.05) is 90.9 Å². The van der Waals surface area contributed by atoms with Crippen LogP contribution in [0.1, 0.15) is 2.74 Å². The van der Waals surface area contributed by atoms with E-state index in [0.717, 1.165) is 74.2 Å². The maximum Gasteiger partial charge on any atom is 0.122 e. The van der Waals surface area contributed by atoms with Gasteiger partial charge in [0.05, 0.1) is 2.74 Å². The summed E-state index contributed by atoms with van der Waals surface area (Å²) in [6.45, 7) is 1.52. The largest absolute Gasteiger partial charge is 0.490 e. The molecular formula is C58H49N3O4. The van der Waals surface area contributed by atoms with Gasteiger partial charge in [-0.2, -0.15) is 0 Å². The molecule has 0 amide bonds. The zero-order chi connectivity index (χ0) is 45.6. The molecule has 0 aliphatic rings. The Bertz CT molecular complexity index is 2740. The van der Waals surface area contributed by atoms with Crippen molar-refractivity contribution in [3.8, 4) is 23.0 Å². The number of para-hydroxylation sites is 5. The Hall–Kier alpha value is -8.42. The molecule has 320 valence electrons.